The number of hydrogen-bond acceptors (Lipinski definition) is 2. The first kappa shape index (κ1) is 12.5. The predicted molar refractivity (Wildman–Crippen MR) is 70.2 cm³/mol. The van der Waals surface area contributed by atoms with E-state index in [9.17, 15) is 0 Å². The van der Waals surface area contributed by atoms with Crippen molar-refractivity contribution in [2.75, 3.05) is 11.1 Å². The molecule has 0 unspecified atom stereocenters. The summed E-state index contributed by atoms with van der Waals surface area (Å²) in [7, 11) is 0. The van der Waals surface area contributed by atoms with Gasteiger partial charge in [0.05, 0.1) is 0 Å². The summed E-state index contributed by atoms with van der Waals surface area (Å²) in [6.45, 7) is 4.48. The number of alkyl halides is 1. The van der Waals surface area contributed by atoms with Crippen LogP contribution in [0.25, 0.3) is 0 Å². The normalized spacial score (nSPS) is 11.7. The standard InChI is InChI=1S/C10H13Br2NS/c1-10(2,6-11)7-14-9-8(12)4-3-5-13-9/h3-5H,6-7H2,1-2H3. The Labute approximate surface area is 106 Å². The molecule has 0 fully saturated rings. The van der Waals surface area contributed by atoms with Crippen LogP contribution in [0.1, 0.15) is 13.8 Å². The molecule has 0 aliphatic carbocycles. The first-order valence-corrected chi connectivity index (χ1v) is 7.24. The van der Waals surface area contributed by atoms with Gasteiger partial charge in [-0.25, -0.2) is 4.98 Å². The van der Waals surface area contributed by atoms with Crippen molar-refractivity contribution in [1.29, 1.82) is 0 Å². The van der Waals surface area contributed by atoms with E-state index in [2.05, 4.69) is 50.7 Å². The molecule has 0 saturated carbocycles. The van der Waals surface area contributed by atoms with Gasteiger partial charge in [0.15, 0.2) is 0 Å². The molecule has 78 valence electrons. The summed E-state index contributed by atoms with van der Waals surface area (Å²) in [5, 5.41) is 2.08. The van der Waals surface area contributed by atoms with E-state index in [0.717, 1.165) is 20.6 Å². The molecule has 14 heavy (non-hydrogen) atoms. The number of halogens is 2. The smallest absolute Gasteiger partial charge is 0.110 e. The lowest BCUT2D eigenvalue weighted by Crippen LogP contribution is -2.16. The summed E-state index contributed by atoms with van der Waals surface area (Å²) in [5.74, 6) is 1.06. The molecule has 0 radical (unpaired) electrons. The van der Waals surface area contributed by atoms with Crippen molar-refractivity contribution < 1.29 is 0 Å². The average Bonchev–Trinajstić information content (AvgIpc) is 2.17. The van der Waals surface area contributed by atoms with Crippen molar-refractivity contribution in [3.05, 3.63) is 22.8 Å². The first-order chi connectivity index (χ1) is 6.55. The maximum atomic E-state index is 4.32. The van der Waals surface area contributed by atoms with Gasteiger partial charge in [-0.1, -0.05) is 29.8 Å². The lowest BCUT2D eigenvalue weighted by atomic mass is 10.0. The van der Waals surface area contributed by atoms with Gasteiger partial charge in [-0.3, -0.25) is 0 Å². The van der Waals surface area contributed by atoms with Gasteiger partial charge in [0.1, 0.15) is 5.03 Å². The maximum absolute atomic E-state index is 4.32. The van der Waals surface area contributed by atoms with E-state index >= 15 is 0 Å². The Morgan fingerprint density at radius 3 is 2.79 bits per heavy atom. The zero-order chi connectivity index (χ0) is 10.6. The molecule has 1 aromatic heterocycles. The van der Waals surface area contributed by atoms with Crippen LogP contribution in [-0.2, 0) is 0 Å². The highest BCUT2D eigenvalue weighted by atomic mass is 79.9. The minimum Gasteiger partial charge on any atom is -0.249 e. The van der Waals surface area contributed by atoms with Crippen LogP contribution in [0.4, 0.5) is 0 Å². The van der Waals surface area contributed by atoms with E-state index in [1.54, 1.807) is 11.8 Å². The van der Waals surface area contributed by atoms with E-state index < -0.39 is 0 Å². The highest BCUT2D eigenvalue weighted by Crippen LogP contribution is 2.31. The minimum absolute atomic E-state index is 0.307. The Hall–Kier alpha value is 0.460. The van der Waals surface area contributed by atoms with Crippen molar-refractivity contribution in [3.63, 3.8) is 0 Å². The van der Waals surface area contributed by atoms with E-state index in [4.69, 9.17) is 0 Å². The van der Waals surface area contributed by atoms with E-state index in [1.807, 2.05) is 18.3 Å². The fraction of sp³-hybridized carbons (Fsp3) is 0.500. The molecule has 1 heterocycles. The van der Waals surface area contributed by atoms with Crippen LogP contribution in [0, 0.1) is 5.41 Å². The van der Waals surface area contributed by atoms with Gasteiger partial charge in [0, 0.05) is 21.8 Å². The molecule has 0 bridgehead atoms. The Morgan fingerprint density at radius 1 is 1.50 bits per heavy atom. The topological polar surface area (TPSA) is 12.9 Å². The number of aromatic nitrogens is 1. The van der Waals surface area contributed by atoms with Crippen LogP contribution in [0.2, 0.25) is 0 Å². The highest BCUT2D eigenvalue weighted by molar-refractivity contribution is 9.10. The summed E-state index contributed by atoms with van der Waals surface area (Å²) in [6.07, 6.45) is 1.83. The average molecular weight is 339 g/mol. The number of nitrogens with zero attached hydrogens (tertiary/aromatic N) is 1. The molecular weight excluding hydrogens is 326 g/mol. The molecule has 1 rings (SSSR count). The van der Waals surface area contributed by atoms with Crippen molar-refractivity contribution in [1.82, 2.24) is 4.98 Å². The molecule has 0 saturated heterocycles. The molecule has 0 aliphatic heterocycles. The molecule has 0 atom stereocenters. The lowest BCUT2D eigenvalue weighted by molar-refractivity contribution is 0.496. The monoisotopic (exact) mass is 337 g/mol. The molecule has 0 N–H and O–H groups in total. The molecular formula is C10H13Br2NS. The van der Waals surface area contributed by atoms with E-state index in [0.29, 0.717) is 5.41 Å². The number of rotatable bonds is 4. The summed E-state index contributed by atoms with van der Waals surface area (Å²) < 4.78 is 1.08. The van der Waals surface area contributed by atoms with Gasteiger partial charge < -0.3 is 0 Å². The molecule has 0 aliphatic rings. The number of pyridine rings is 1. The Kier molecular flexibility index (Phi) is 4.94. The quantitative estimate of drug-likeness (QED) is 0.597. The SMILES string of the molecule is CC(C)(CBr)CSc1ncccc1Br. The van der Waals surface area contributed by atoms with E-state index in [1.165, 1.54) is 0 Å². The van der Waals surface area contributed by atoms with Crippen LogP contribution in [0.5, 0.6) is 0 Å². The van der Waals surface area contributed by atoms with Gasteiger partial charge in [0.2, 0.25) is 0 Å². The number of thioether (sulfide) groups is 1. The largest absolute Gasteiger partial charge is 0.249 e. The highest BCUT2D eigenvalue weighted by Gasteiger charge is 2.17. The third-order valence-electron chi connectivity index (χ3n) is 1.69. The Bertz CT molecular complexity index is 302. The summed E-state index contributed by atoms with van der Waals surface area (Å²) in [4.78, 5) is 4.32. The third-order valence-corrected chi connectivity index (χ3v) is 5.63. The van der Waals surface area contributed by atoms with Crippen LogP contribution >= 0.6 is 43.6 Å². The zero-order valence-electron chi connectivity index (χ0n) is 8.26. The van der Waals surface area contributed by atoms with Crippen molar-refractivity contribution >= 4 is 43.6 Å². The van der Waals surface area contributed by atoms with Gasteiger partial charge >= 0.3 is 0 Å². The number of hydrogen-bond donors (Lipinski definition) is 0. The van der Waals surface area contributed by atoms with E-state index in [-0.39, 0.29) is 0 Å². The van der Waals surface area contributed by atoms with Crippen LogP contribution in [-0.4, -0.2) is 16.1 Å². The summed E-state index contributed by atoms with van der Waals surface area (Å²) in [6, 6.07) is 3.96. The van der Waals surface area contributed by atoms with Crippen molar-refractivity contribution in [2.45, 2.75) is 18.9 Å². The second-order valence-electron chi connectivity index (χ2n) is 3.88. The zero-order valence-corrected chi connectivity index (χ0v) is 12.2. The molecule has 0 amide bonds. The van der Waals surface area contributed by atoms with Gasteiger partial charge in [-0.15, -0.1) is 11.8 Å². The predicted octanol–water partition coefficient (Wildman–Crippen LogP) is 4.36. The Balaban J connectivity index is 2.58. The minimum atomic E-state index is 0.307. The first-order valence-electron chi connectivity index (χ1n) is 4.34. The third kappa shape index (κ3) is 3.91. The second kappa shape index (κ2) is 5.52. The summed E-state index contributed by atoms with van der Waals surface area (Å²) >= 11 is 8.80. The maximum Gasteiger partial charge on any atom is 0.110 e. The van der Waals surface area contributed by atoms with Crippen molar-refractivity contribution in [3.8, 4) is 0 Å². The molecule has 0 aromatic carbocycles. The molecule has 1 nitrogen and oxygen atoms in total. The second-order valence-corrected chi connectivity index (χ2v) is 6.26. The molecule has 0 spiro atoms. The fourth-order valence-corrected chi connectivity index (χ4v) is 2.81. The van der Waals surface area contributed by atoms with Crippen molar-refractivity contribution in [2.24, 2.45) is 5.41 Å². The van der Waals surface area contributed by atoms with Gasteiger partial charge in [0.25, 0.3) is 0 Å². The molecule has 1 aromatic rings. The van der Waals surface area contributed by atoms with Gasteiger partial charge in [-0.2, -0.15) is 0 Å². The summed E-state index contributed by atoms with van der Waals surface area (Å²) in [5.41, 5.74) is 0.307. The molecule has 4 heteroatoms. The van der Waals surface area contributed by atoms with Gasteiger partial charge in [-0.05, 0) is 33.5 Å². The fourth-order valence-electron chi connectivity index (χ4n) is 0.780. The lowest BCUT2D eigenvalue weighted by Gasteiger charge is -2.20. The van der Waals surface area contributed by atoms with Crippen LogP contribution in [0.3, 0.4) is 0 Å². The van der Waals surface area contributed by atoms with Crippen LogP contribution < -0.4 is 0 Å². The van der Waals surface area contributed by atoms with Crippen LogP contribution in [0.15, 0.2) is 27.8 Å². The Morgan fingerprint density at radius 2 is 2.21 bits per heavy atom.